The number of sulfonamides is 1. The van der Waals surface area contributed by atoms with Gasteiger partial charge in [0, 0.05) is 19.2 Å². The average molecular weight is 304 g/mol. The molecule has 108 valence electrons. The number of nitriles is 1. The lowest BCUT2D eigenvalue weighted by molar-refractivity contribution is 0.456. The first-order chi connectivity index (χ1) is 9.95. The highest BCUT2D eigenvalue weighted by Gasteiger charge is 2.22. The van der Waals surface area contributed by atoms with Crippen LogP contribution in [0.2, 0.25) is 0 Å². The Labute approximate surface area is 123 Å². The van der Waals surface area contributed by atoms with Gasteiger partial charge in [-0.15, -0.1) is 0 Å². The van der Waals surface area contributed by atoms with Crippen LogP contribution in [0.1, 0.15) is 11.1 Å². The summed E-state index contributed by atoms with van der Waals surface area (Å²) < 4.78 is 39.5. The Morgan fingerprint density at radius 1 is 1.19 bits per heavy atom. The van der Waals surface area contributed by atoms with Gasteiger partial charge in [0.25, 0.3) is 0 Å². The van der Waals surface area contributed by atoms with E-state index in [0.717, 1.165) is 4.31 Å². The summed E-state index contributed by atoms with van der Waals surface area (Å²) in [5.41, 5.74) is 0.551. The van der Waals surface area contributed by atoms with E-state index in [2.05, 4.69) is 0 Å². The molecule has 0 unspecified atom stereocenters. The number of hydrogen-bond donors (Lipinski definition) is 0. The molecule has 2 aromatic carbocycles. The molecule has 4 nitrogen and oxygen atoms in total. The number of benzene rings is 2. The molecule has 0 saturated heterocycles. The Balaban J connectivity index is 2.31. The zero-order valence-electron chi connectivity index (χ0n) is 11.3. The third kappa shape index (κ3) is 3.27. The van der Waals surface area contributed by atoms with Gasteiger partial charge in [0.05, 0.1) is 16.5 Å². The van der Waals surface area contributed by atoms with Crippen LogP contribution >= 0.6 is 0 Å². The Morgan fingerprint density at radius 2 is 1.90 bits per heavy atom. The van der Waals surface area contributed by atoms with Crippen molar-refractivity contribution in [2.24, 2.45) is 0 Å². The van der Waals surface area contributed by atoms with Crippen molar-refractivity contribution in [3.63, 3.8) is 0 Å². The molecule has 6 heteroatoms. The molecule has 0 N–H and O–H groups in total. The molecule has 0 aromatic heterocycles. The smallest absolute Gasteiger partial charge is 0.207 e. The lowest BCUT2D eigenvalue weighted by atomic mass is 10.2. The molecule has 2 rings (SSSR count). The Bertz CT molecular complexity index is 797. The normalized spacial score (nSPS) is 11.3. The van der Waals surface area contributed by atoms with Gasteiger partial charge in [0.2, 0.25) is 10.0 Å². The Hall–Kier alpha value is -2.23. The molecule has 0 bridgehead atoms. The lowest BCUT2D eigenvalue weighted by Gasteiger charge is -2.17. The van der Waals surface area contributed by atoms with Gasteiger partial charge in [-0.05, 0) is 24.3 Å². The van der Waals surface area contributed by atoms with Gasteiger partial charge in [0.15, 0.2) is 0 Å². The molecule has 0 aliphatic carbocycles. The van der Waals surface area contributed by atoms with Crippen LogP contribution in [0.25, 0.3) is 0 Å². The van der Waals surface area contributed by atoms with Gasteiger partial charge in [-0.1, -0.05) is 24.3 Å². The molecule has 0 aliphatic rings. The van der Waals surface area contributed by atoms with Crippen molar-refractivity contribution in [3.05, 3.63) is 65.5 Å². The molecule has 2 aromatic rings. The number of nitrogens with zero attached hydrogens (tertiary/aromatic N) is 2. The van der Waals surface area contributed by atoms with E-state index in [4.69, 9.17) is 5.26 Å². The first-order valence-corrected chi connectivity index (χ1v) is 7.59. The van der Waals surface area contributed by atoms with Crippen LogP contribution in [0.5, 0.6) is 0 Å². The third-order valence-corrected chi connectivity index (χ3v) is 4.82. The van der Waals surface area contributed by atoms with Crippen molar-refractivity contribution >= 4 is 10.0 Å². The van der Waals surface area contributed by atoms with Gasteiger partial charge in [-0.2, -0.15) is 9.57 Å². The first kappa shape index (κ1) is 15.2. The molecule has 21 heavy (non-hydrogen) atoms. The second kappa shape index (κ2) is 6.04. The maximum Gasteiger partial charge on any atom is 0.243 e. The van der Waals surface area contributed by atoms with Crippen molar-refractivity contribution in [2.45, 2.75) is 11.4 Å². The van der Waals surface area contributed by atoms with Crippen molar-refractivity contribution in [3.8, 4) is 6.07 Å². The Morgan fingerprint density at radius 3 is 2.57 bits per heavy atom. The summed E-state index contributed by atoms with van der Waals surface area (Å²) in [6, 6.07) is 13.6. The van der Waals surface area contributed by atoms with Crippen molar-refractivity contribution in [2.75, 3.05) is 7.05 Å². The van der Waals surface area contributed by atoms with Crippen LogP contribution < -0.4 is 0 Å². The van der Waals surface area contributed by atoms with Crippen LogP contribution in [0.15, 0.2) is 53.4 Å². The Kier molecular flexibility index (Phi) is 4.36. The number of hydrogen-bond acceptors (Lipinski definition) is 3. The highest BCUT2D eigenvalue weighted by Crippen LogP contribution is 2.18. The van der Waals surface area contributed by atoms with Crippen LogP contribution in [0.3, 0.4) is 0 Å². The predicted octanol–water partition coefficient (Wildman–Crippen LogP) is 2.52. The van der Waals surface area contributed by atoms with E-state index >= 15 is 0 Å². The fourth-order valence-electron chi connectivity index (χ4n) is 1.86. The van der Waals surface area contributed by atoms with Crippen LogP contribution in [0.4, 0.5) is 4.39 Å². The van der Waals surface area contributed by atoms with Crippen LogP contribution in [0, 0.1) is 17.1 Å². The maximum atomic E-state index is 13.6. The summed E-state index contributed by atoms with van der Waals surface area (Å²) >= 11 is 0. The first-order valence-electron chi connectivity index (χ1n) is 6.15. The number of rotatable bonds is 4. The van der Waals surface area contributed by atoms with E-state index in [1.54, 1.807) is 12.1 Å². The van der Waals surface area contributed by atoms with E-state index < -0.39 is 15.8 Å². The second-order valence-corrected chi connectivity index (χ2v) is 6.54. The third-order valence-electron chi connectivity index (χ3n) is 3.02. The van der Waals surface area contributed by atoms with E-state index in [1.165, 1.54) is 43.4 Å². The molecular formula is C15H13FN2O2S. The SMILES string of the molecule is CN(Cc1ccccc1F)S(=O)(=O)c1cccc(C#N)c1. The minimum atomic E-state index is -3.77. The summed E-state index contributed by atoms with van der Waals surface area (Å²) in [7, 11) is -2.40. The fourth-order valence-corrected chi connectivity index (χ4v) is 3.05. The molecule has 0 saturated carbocycles. The van der Waals surface area contributed by atoms with E-state index in [9.17, 15) is 12.8 Å². The number of halogens is 1. The van der Waals surface area contributed by atoms with Crippen molar-refractivity contribution in [1.82, 2.24) is 4.31 Å². The topological polar surface area (TPSA) is 61.2 Å². The van der Waals surface area contributed by atoms with Gasteiger partial charge >= 0.3 is 0 Å². The van der Waals surface area contributed by atoms with Gasteiger partial charge < -0.3 is 0 Å². The molecular weight excluding hydrogens is 291 g/mol. The van der Waals surface area contributed by atoms with Gasteiger partial charge in [-0.3, -0.25) is 0 Å². The summed E-state index contributed by atoms with van der Waals surface area (Å²) in [6.45, 7) is -0.0776. The lowest BCUT2D eigenvalue weighted by Crippen LogP contribution is -2.27. The predicted molar refractivity (Wildman–Crippen MR) is 76.2 cm³/mol. The quantitative estimate of drug-likeness (QED) is 0.872. The summed E-state index contributed by atoms with van der Waals surface area (Å²) in [4.78, 5) is 0.0142. The van der Waals surface area contributed by atoms with Crippen molar-refractivity contribution in [1.29, 1.82) is 5.26 Å². The molecule has 0 aliphatic heterocycles. The molecule has 0 spiro atoms. The highest BCUT2D eigenvalue weighted by molar-refractivity contribution is 7.89. The zero-order chi connectivity index (χ0) is 15.5. The largest absolute Gasteiger partial charge is 0.243 e. The van der Waals surface area contributed by atoms with Crippen molar-refractivity contribution < 1.29 is 12.8 Å². The zero-order valence-corrected chi connectivity index (χ0v) is 12.1. The van der Waals surface area contributed by atoms with Gasteiger partial charge in [-0.25, -0.2) is 12.8 Å². The molecule has 0 radical (unpaired) electrons. The van der Waals surface area contributed by atoms with E-state index in [-0.39, 0.29) is 17.0 Å². The minimum absolute atomic E-state index is 0.0142. The summed E-state index contributed by atoms with van der Waals surface area (Å²) in [5.74, 6) is -0.453. The monoisotopic (exact) mass is 304 g/mol. The maximum absolute atomic E-state index is 13.6. The summed E-state index contributed by atoms with van der Waals surface area (Å²) in [5, 5.41) is 8.83. The molecule has 0 atom stereocenters. The minimum Gasteiger partial charge on any atom is -0.207 e. The fraction of sp³-hybridized carbons (Fsp3) is 0.133. The molecule has 0 fully saturated rings. The summed E-state index contributed by atoms with van der Waals surface area (Å²) in [6.07, 6.45) is 0. The highest BCUT2D eigenvalue weighted by atomic mass is 32.2. The second-order valence-electron chi connectivity index (χ2n) is 4.49. The van der Waals surface area contributed by atoms with Crippen LogP contribution in [-0.4, -0.2) is 19.8 Å². The molecule has 0 amide bonds. The van der Waals surface area contributed by atoms with Crippen LogP contribution in [-0.2, 0) is 16.6 Å². The standard InChI is InChI=1S/C15H13FN2O2S/c1-18(11-13-6-2-3-8-15(13)16)21(19,20)14-7-4-5-12(9-14)10-17/h2-9H,11H2,1H3. The average Bonchev–Trinajstić information content (AvgIpc) is 2.49. The van der Waals surface area contributed by atoms with E-state index in [1.807, 2.05) is 6.07 Å². The molecule has 0 heterocycles. The van der Waals surface area contributed by atoms with Gasteiger partial charge in [0.1, 0.15) is 5.82 Å². The van der Waals surface area contributed by atoms with E-state index in [0.29, 0.717) is 5.56 Å².